The van der Waals surface area contributed by atoms with Crippen LogP contribution in [0.1, 0.15) is 30.3 Å². The van der Waals surface area contributed by atoms with Gasteiger partial charge in [-0.15, -0.1) is 5.10 Å². The Balaban J connectivity index is 1.85. The Bertz CT molecular complexity index is 792. The number of aryl methyl sites for hydroxylation is 1. The van der Waals surface area contributed by atoms with Gasteiger partial charge in [0, 0.05) is 19.5 Å². The van der Waals surface area contributed by atoms with Crippen molar-refractivity contribution in [1.82, 2.24) is 25.1 Å². The second kappa shape index (κ2) is 7.59. The molecule has 1 aliphatic rings. The standard InChI is InChI=1S/C17H20FN5O3/c1-11-19-20-21-23(11)15(9-12-4-6-14(18)7-5-12)16(24)22-8-2-3-13(10-22)17(25)26/h4-7,13,15H,2-3,8-10H2,1H3,(H,25,26)/t13-,15-/m1/s1. The summed E-state index contributed by atoms with van der Waals surface area (Å²) in [4.78, 5) is 26.0. The first-order valence-corrected chi connectivity index (χ1v) is 8.46. The Labute approximate surface area is 149 Å². The van der Waals surface area contributed by atoms with E-state index in [0.717, 1.165) is 5.56 Å². The zero-order chi connectivity index (χ0) is 18.7. The summed E-state index contributed by atoms with van der Waals surface area (Å²) in [5.41, 5.74) is 0.770. The van der Waals surface area contributed by atoms with Crippen molar-refractivity contribution in [2.24, 2.45) is 5.92 Å². The molecule has 9 heteroatoms. The van der Waals surface area contributed by atoms with Gasteiger partial charge in [0.1, 0.15) is 17.7 Å². The van der Waals surface area contributed by atoms with Gasteiger partial charge in [-0.25, -0.2) is 9.07 Å². The van der Waals surface area contributed by atoms with E-state index in [9.17, 15) is 19.1 Å². The number of carboxylic acids is 1. The minimum Gasteiger partial charge on any atom is -0.481 e. The summed E-state index contributed by atoms with van der Waals surface area (Å²) in [5, 5.41) is 20.6. The van der Waals surface area contributed by atoms with Crippen LogP contribution in [0.25, 0.3) is 0 Å². The van der Waals surface area contributed by atoms with Crippen LogP contribution in [0, 0.1) is 18.7 Å². The van der Waals surface area contributed by atoms with Gasteiger partial charge < -0.3 is 10.0 Å². The average Bonchev–Trinajstić information content (AvgIpc) is 3.06. The predicted octanol–water partition coefficient (Wildman–Crippen LogP) is 1.23. The highest BCUT2D eigenvalue weighted by atomic mass is 19.1. The summed E-state index contributed by atoms with van der Waals surface area (Å²) in [5.74, 6) is -1.55. The van der Waals surface area contributed by atoms with Gasteiger partial charge in [0.15, 0.2) is 0 Å². The van der Waals surface area contributed by atoms with Crippen LogP contribution in [0.15, 0.2) is 24.3 Å². The number of carboxylic acid groups (broad SMARTS) is 1. The van der Waals surface area contributed by atoms with Crippen molar-refractivity contribution in [3.63, 3.8) is 0 Å². The molecule has 138 valence electrons. The summed E-state index contributed by atoms with van der Waals surface area (Å²) in [6.45, 7) is 2.38. The number of piperidine rings is 1. The van der Waals surface area contributed by atoms with Gasteiger partial charge in [0.05, 0.1) is 5.92 Å². The van der Waals surface area contributed by atoms with Gasteiger partial charge in [-0.05, 0) is 47.9 Å². The SMILES string of the molecule is Cc1nnnn1[C@H](Cc1ccc(F)cc1)C(=O)N1CCC[C@@H](C(=O)O)C1. The molecule has 0 saturated carbocycles. The highest BCUT2D eigenvalue weighted by Crippen LogP contribution is 2.23. The van der Waals surface area contributed by atoms with Crippen LogP contribution in [0.2, 0.25) is 0 Å². The van der Waals surface area contributed by atoms with E-state index in [1.807, 2.05) is 0 Å². The van der Waals surface area contributed by atoms with Gasteiger partial charge in [0.25, 0.3) is 0 Å². The Hall–Kier alpha value is -2.84. The highest BCUT2D eigenvalue weighted by Gasteiger charge is 2.33. The Morgan fingerprint density at radius 2 is 2.08 bits per heavy atom. The second-order valence-corrected chi connectivity index (χ2v) is 6.48. The zero-order valence-corrected chi connectivity index (χ0v) is 14.4. The topological polar surface area (TPSA) is 101 Å². The maximum Gasteiger partial charge on any atom is 0.308 e. The van der Waals surface area contributed by atoms with E-state index < -0.39 is 17.9 Å². The number of amides is 1. The lowest BCUT2D eigenvalue weighted by molar-refractivity contribution is -0.146. The second-order valence-electron chi connectivity index (χ2n) is 6.48. The van der Waals surface area contributed by atoms with Crippen molar-refractivity contribution in [1.29, 1.82) is 0 Å². The molecule has 2 aromatic rings. The van der Waals surface area contributed by atoms with Crippen LogP contribution >= 0.6 is 0 Å². The molecule has 1 N–H and O–H groups in total. The number of tetrazole rings is 1. The van der Waals surface area contributed by atoms with Crippen molar-refractivity contribution >= 4 is 11.9 Å². The van der Waals surface area contributed by atoms with Crippen molar-refractivity contribution in [2.75, 3.05) is 13.1 Å². The molecule has 1 aliphatic heterocycles. The van der Waals surface area contributed by atoms with Crippen LogP contribution in [-0.4, -0.2) is 55.2 Å². The molecule has 0 bridgehead atoms. The number of nitrogens with zero attached hydrogens (tertiary/aromatic N) is 5. The number of likely N-dealkylation sites (tertiary alicyclic amines) is 1. The fourth-order valence-electron chi connectivity index (χ4n) is 3.24. The Morgan fingerprint density at radius 1 is 1.35 bits per heavy atom. The minimum atomic E-state index is -0.892. The van der Waals surface area contributed by atoms with Gasteiger partial charge in [-0.1, -0.05) is 12.1 Å². The van der Waals surface area contributed by atoms with Crippen molar-refractivity contribution in [3.05, 3.63) is 41.5 Å². The lowest BCUT2D eigenvalue weighted by Gasteiger charge is -2.33. The van der Waals surface area contributed by atoms with Crippen molar-refractivity contribution in [2.45, 2.75) is 32.2 Å². The fraction of sp³-hybridized carbons (Fsp3) is 0.471. The molecule has 1 saturated heterocycles. The number of hydrogen-bond acceptors (Lipinski definition) is 5. The molecule has 0 radical (unpaired) electrons. The quantitative estimate of drug-likeness (QED) is 0.859. The number of carbonyl (C=O) groups is 2. The summed E-state index contributed by atoms with van der Waals surface area (Å²) >= 11 is 0. The van der Waals surface area contributed by atoms with Gasteiger partial charge >= 0.3 is 5.97 Å². The zero-order valence-electron chi connectivity index (χ0n) is 14.4. The van der Waals surface area contributed by atoms with E-state index in [0.29, 0.717) is 31.6 Å². The lowest BCUT2D eigenvalue weighted by atomic mass is 9.96. The highest BCUT2D eigenvalue weighted by molar-refractivity contribution is 5.82. The van der Waals surface area contributed by atoms with Crippen LogP contribution in [0.3, 0.4) is 0 Å². The Kier molecular flexibility index (Phi) is 5.24. The molecule has 1 aromatic heterocycles. The van der Waals surface area contributed by atoms with Crippen LogP contribution in [0.4, 0.5) is 4.39 Å². The molecule has 0 spiro atoms. The number of halogens is 1. The first-order chi connectivity index (χ1) is 12.5. The summed E-state index contributed by atoms with van der Waals surface area (Å²) < 4.78 is 14.6. The van der Waals surface area contributed by atoms with Gasteiger partial charge in [0.2, 0.25) is 5.91 Å². The normalized spacial score (nSPS) is 18.5. The third-order valence-corrected chi connectivity index (χ3v) is 4.66. The molecule has 2 atom stereocenters. The number of aliphatic carboxylic acids is 1. The van der Waals surface area contributed by atoms with E-state index in [1.54, 1.807) is 24.0 Å². The van der Waals surface area contributed by atoms with Gasteiger partial charge in [-0.3, -0.25) is 9.59 Å². The smallest absolute Gasteiger partial charge is 0.308 e. The van der Waals surface area contributed by atoms with Crippen LogP contribution in [0.5, 0.6) is 0 Å². The lowest BCUT2D eigenvalue weighted by Crippen LogP contribution is -2.46. The first-order valence-electron chi connectivity index (χ1n) is 8.46. The molecule has 8 nitrogen and oxygen atoms in total. The monoisotopic (exact) mass is 361 g/mol. The van der Waals surface area contributed by atoms with E-state index in [1.165, 1.54) is 16.8 Å². The molecule has 1 amide bonds. The number of carbonyl (C=O) groups excluding carboxylic acids is 1. The molecular formula is C17H20FN5O3. The van der Waals surface area contributed by atoms with E-state index in [-0.39, 0.29) is 18.3 Å². The summed E-state index contributed by atoms with van der Waals surface area (Å²) in [6.07, 6.45) is 1.49. The van der Waals surface area contributed by atoms with Crippen molar-refractivity contribution in [3.8, 4) is 0 Å². The summed E-state index contributed by atoms with van der Waals surface area (Å²) in [7, 11) is 0. The van der Waals surface area contributed by atoms with Crippen LogP contribution in [-0.2, 0) is 16.0 Å². The molecule has 0 aliphatic carbocycles. The van der Waals surface area contributed by atoms with E-state index in [4.69, 9.17) is 0 Å². The summed E-state index contributed by atoms with van der Waals surface area (Å²) in [6, 6.07) is 5.20. The fourth-order valence-corrected chi connectivity index (χ4v) is 3.24. The molecule has 26 heavy (non-hydrogen) atoms. The number of hydrogen-bond donors (Lipinski definition) is 1. The Morgan fingerprint density at radius 3 is 2.69 bits per heavy atom. The largest absolute Gasteiger partial charge is 0.481 e. The average molecular weight is 361 g/mol. The molecule has 1 fully saturated rings. The molecule has 0 unspecified atom stereocenters. The number of aromatic nitrogens is 4. The van der Waals surface area contributed by atoms with Gasteiger partial charge in [-0.2, -0.15) is 0 Å². The number of benzene rings is 1. The van der Waals surface area contributed by atoms with E-state index >= 15 is 0 Å². The predicted molar refractivity (Wildman–Crippen MR) is 88.6 cm³/mol. The maximum absolute atomic E-state index is 13.2. The first kappa shape index (κ1) is 18.0. The number of rotatable bonds is 5. The third kappa shape index (κ3) is 3.87. The van der Waals surface area contributed by atoms with E-state index in [2.05, 4.69) is 15.5 Å². The molecule has 2 heterocycles. The van der Waals surface area contributed by atoms with Crippen LogP contribution < -0.4 is 0 Å². The third-order valence-electron chi connectivity index (χ3n) is 4.66. The molecule has 3 rings (SSSR count). The van der Waals surface area contributed by atoms with Crippen molar-refractivity contribution < 1.29 is 19.1 Å². The maximum atomic E-state index is 13.2. The minimum absolute atomic E-state index is 0.176. The molecule has 1 aromatic carbocycles. The molecular weight excluding hydrogens is 341 g/mol.